The Hall–Kier alpha value is -2.81. The lowest BCUT2D eigenvalue weighted by atomic mass is 9.69. The Morgan fingerprint density at radius 1 is 0.909 bits per heavy atom. The number of nitrogens with zero attached hydrogens (tertiary/aromatic N) is 1. The van der Waals surface area contributed by atoms with Gasteiger partial charge in [-0.25, -0.2) is 0 Å². The summed E-state index contributed by atoms with van der Waals surface area (Å²) in [7, 11) is 0. The molecule has 0 aliphatic carbocycles. The van der Waals surface area contributed by atoms with Crippen LogP contribution in [0.25, 0.3) is 0 Å². The number of para-hydroxylation sites is 1. The zero-order chi connectivity index (χ0) is 15.2. The molecule has 0 bridgehead atoms. The zero-order valence-corrected chi connectivity index (χ0v) is 12.2. The SMILES string of the molecule is CC1(c2ccc(O)cc2)c2ccccc2Oc2cnccc21. The van der Waals surface area contributed by atoms with E-state index in [-0.39, 0.29) is 11.2 Å². The van der Waals surface area contributed by atoms with E-state index in [1.165, 1.54) is 0 Å². The van der Waals surface area contributed by atoms with Gasteiger partial charge in [0, 0.05) is 22.7 Å². The van der Waals surface area contributed by atoms with Crippen molar-refractivity contribution < 1.29 is 9.84 Å². The van der Waals surface area contributed by atoms with Crippen molar-refractivity contribution in [3.63, 3.8) is 0 Å². The van der Waals surface area contributed by atoms with Gasteiger partial charge in [-0.15, -0.1) is 0 Å². The summed E-state index contributed by atoms with van der Waals surface area (Å²) in [6, 6.07) is 17.4. The summed E-state index contributed by atoms with van der Waals surface area (Å²) in [6.07, 6.45) is 3.54. The molecule has 1 aliphatic heterocycles. The lowest BCUT2D eigenvalue weighted by molar-refractivity contribution is 0.424. The maximum Gasteiger partial charge on any atom is 0.150 e. The number of phenolic OH excluding ortho intramolecular Hbond substituents is 1. The van der Waals surface area contributed by atoms with E-state index in [9.17, 15) is 5.11 Å². The molecule has 108 valence electrons. The fraction of sp³-hybridized carbons (Fsp3) is 0.105. The summed E-state index contributed by atoms with van der Waals surface area (Å²) in [5.74, 6) is 1.89. The number of benzene rings is 2. The van der Waals surface area contributed by atoms with Crippen molar-refractivity contribution in [2.24, 2.45) is 0 Å². The van der Waals surface area contributed by atoms with Crippen LogP contribution in [-0.2, 0) is 5.41 Å². The summed E-state index contributed by atoms with van der Waals surface area (Å²) in [5, 5.41) is 9.59. The quantitative estimate of drug-likeness (QED) is 0.728. The molecule has 22 heavy (non-hydrogen) atoms. The Kier molecular flexibility index (Phi) is 2.70. The topological polar surface area (TPSA) is 42.4 Å². The minimum Gasteiger partial charge on any atom is -0.508 e. The molecular formula is C19H15NO2. The van der Waals surface area contributed by atoms with Crippen LogP contribution in [0.4, 0.5) is 0 Å². The number of fused-ring (bicyclic) bond motifs is 2. The van der Waals surface area contributed by atoms with Crippen LogP contribution >= 0.6 is 0 Å². The number of aromatic nitrogens is 1. The minimum absolute atomic E-state index is 0.266. The maximum atomic E-state index is 9.59. The van der Waals surface area contributed by atoms with Crippen molar-refractivity contribution in [1.82, 2.24) is 4.98 Å². The third kappa shape index (κ3) is 1.72. The lowest BCUT2D eigenvalue weighted by Gasteiger charge is -2.37. The van der Waals surface area contributed by atoms with E-state index in [0.717, 1.165) is 28.2 Å². The normalized spacial score (nSPS) is 19.0. The highest BCUT2D eigenvalue weighted by atomic mass is 16.5. The number of hydrogen-bond donors (Lipinski definition) is 1. The van der Waals surface area contributed by atoms with E-state index in [0.29, 0.717) is 0 Å². The molecular weight excluding hydrogens is 274 g/mol. The molecule has 3 heteroatoms. The highest BCUT2D eigenvalue weighted by Crippen LogP contribution is 2.50. The first-order valence-corrected chi connectivity index (χ1v) is 7.21. The number of phenols is 1. The first kappa shape index (κ1) is 12.9. The molecule has 1 aromatic heterocycles. The average Bonchev–Trinajstić information content (AvgIpc) is 2.56. The molecule has 4 rings (SSSR count). The maximum absolute atomic E-state index is 9.59. The third-order valence-electron chi connectivity index (χ3n) is 4.41. The fourth-order valence-electron chi connectivity index (χ4n) is 3.21. The molecule has 1 unspecified atom stereocenters. The summed E-state index contributed by atoms with van der Waals surface area (Å²) in [5.41, 5.74) is 2.95. The van der Waals surface area contributed by atoms with Crippen LogP contribution in [0.2, 0.25) is 0 Å². The van der Waals surface area contributed by atoms with Gasteiger partial charge in [-0.1, -0.05) is 30.3 Å². The second kappa shape index (κ2) is 4.60. The van der Waals surface area contributed by atoms with Crippen molar-refractivity contribution in [3.8, 4) is 17.2 Å². The van der Waals surface area contributed by atoms with Crippen LogP contribution in [0.5, 0.6) is 17.2 Å². The van der Waals surface area contributed by atoms with Crippen molar-refractivity contribution in [1.29, 1.82) is 0 Å². The van der Waals surface area contributed by atoms with E-state index in [1.807, 2.05) is 36.4 Å². The van der Waals surface area contributed by atoms with Gasteiger partial charge >= 0.3 is 0 Å². The number of ether oxygens (including phenoxy) is 1. The van der Waals surface area contributed by atoms with E-state index in [2.05, 4.69) is 18.0 Å². The summed E-state index contributed by atoms with van der Waals surface area (Å²) < 4.78 is 6.01. The first-order chi connectivity index (χ1) is 10.7. The Morgan fingerprint density at radius 2 is 1.64 bits per heavy atom. The third-order valence-corrected chi connectivity index (χ3v) is 4.41. The number of hydrogen-bond acceptors (Lipinski definition) is 3. The van der Waals surface area contributed by atoms with Gasteiger partial charge in [0.05, 0.1) is 6.20 Å². The van der Waals surface area contributed by atoms with Gasteiger partial charge in [0.25, 0.3) is 0 Å². The summed E-state index contributed by atoms with van der Waals surface area (Å²) in [6.45, 7) is 2.18. The van der Waals surface area contributed by atoms with Crippen LogP contribution < -0.4 is 4.74 Å². The molecule has 0 spiro atoms. The van der Waals surface area contributed by atoms with Crippen molar-refractivity contribution in [2.75, 3.05) is 0 Å². The van der Waals surface area contributed by atoms with Crippen LogP contribution in [0, 0.1) is 0 Å². The largest absolute Gasteiger partial charge is 0.508 e. The minimum atomic E-state index is -0.346. The standard InChI is InChI=1S/C19H15NO2/c1-19(13-6-8-14(21)9-7-13)15-4-2-3-5-17(15)22-18-12-20-11-10-16(18)19/h2-12,21H,1H3. The average molecular weight is 289 g/mol. The molecule has 0 fully saturated rings. The van der Waals surface area contributed by atoms with Crippen molar-refractivity contribution in [2.45, 2.75) is 12.3 Å². The van der Waals surface area contributed by atoms with Gasteiger partial charge in [0.1, 0.15) is 17.2 Å². The second-order valence-electron chi connectivity index (χ2n) is 5.64. The van der Waals surface area contributed by atoms with E-state index in [4.69, 9.17) is 4.74 Å². The second-order valence-corrected chi connectivity index (χ2v) is 5.64. The predicted octanol–water partition coefficient (Wildman–Crippen LogP) is 4.25. The Balaban J connectivity index is 2.03. The van der Waals surface area contributed by atoms with Gasteiger partial charge in [0.2, 0.25) is 0 Å². The predicted molar refractivity (Wildman–Crippen MR) is 84.4 cm³/mol. The van der Waals surface area contributed by atoms with Gasteiger partial charge in [-0.05, 0) is 36.8 Å². The van der Waals surface area contributed by atoms with Crippen molar-refractivity contribution >= 4 is 0 Å². The molecule has 1 aliphatic rings. The highest BCUT2D eigenvalue weighted by Gasteiger charge is 2.39. The van der Waals surface area contributed by atoms with Crippen LogP contribution in [0.15, 0.2) is 67.0 Å². The Morgan fingerprint density at radius 3 is 2.45 bits per heavy atom. The van der Waals surface area contributed by atoms with E-state index < -0.39 is 0 Å². The molecule has 1 N–H and O–H groups in total. The van der Waals surface area contributed by atoms with Gasteiger partial charge in [0.15, 0.2) is 0 Å². The number of aromatic hydroxyl groups is 1. The Labute approximate surface area is 128 Å². The van der Waals surface area contributed by atoms with Crippen molar-refractivity contribution in [3.05, 3.63) is 83.7 Å². The van der Waals surface area contributed by atoms with Gasteiger partial charge in [-0.2, -0.15) is 0 Å². The molecule has 0 saturated carbocycles. The number of pyridine rings is 1. The fourth-order valence-corrected chi connectivity index (χ4v) is 3.21. The monoisotopic (exact) mass is 289 g/mol. The van der Waals surface area contributed by atoms with Gasteiger partial charge < -0.3 is 9.84 Å². The van der Waals surface area contributed by atoms with Crippen LogP contribution in [-0.4, -0.2) is 10.1 Å². The van der Waals surface area contributed by atoms with Gasteiger partial charge in [-0.3, -0.25) is 4.98 Å². The highest BCUT2D eigenvalue weighted by molar-refractivity contribution is 5.62. The van der Waals surface area contributed by atoms with Crippen LogP contribution in [0.3, 0.4) is 0 Å². The van der Waals surface area contributed by atoms with Crippen LogP contribution in [0.1, 0.15) is 23.6 Å². The van der Waals surface area contributed by atoms with E-state index in [1.54, 1.807) is 24.5 Å². The first-order valence-electron chi connectivity index (χ1n) is 7.21. The molecule has 1 atom stereocenters. The molecule has 2 aromatic carbocycles. The molecule has 2 heterocycles. The summed E-state index contributed by atoms with van der Waals surface area (Å²) in [4.78, 5) is 4.18. The smallest absolute Gasteiger partial charge is 0.150 e. The molecule has 3 aromatic rings. The zero-order valence-electron chi connectivity index (χ0n) is 12.2. The summed E-state index contributed by atoms with van der Waals surface area (Å²) >= 11 is 0. The number of rotatable bonds is 1. The molecule has 0 radical (unpaired) electrons. The molecule has 0 saturated heterocycles. The lowest BCUT2D eigenvalue weighted by Crippen LogP contribution is -2.29. The molecule has 0 amide bonds. The Bertz CT molecular complexity index is 795. The molecule has 3 nitrogen and oxygen atoms in total. The van der Waals surface area contributed by atoms with E-state index >= 15 is 0 Å².